The fraction of sp³-hybridized carbons (Fsp3) is 0.333. The Kier molecular flexibility index (Phi) is 4.49. The second-order valence-corrected chi connectivity index (χ2v) is 6.42. The number of rotatable bonds is 4. The first kappa shape index (κ1) is 17.1. The van der Waals surface area contributed by atoms with Gasteiger partial charge in [-0.1, -0.05) is 12.1 Å². The molecular formula is C18H19N7O2. The van der Waals surface area contributed by atoms with Crippen molar-refractivity contribution in [3.63, 3.8) is 0 Å². The molecule has 138 valence electrons. The summed E-state index contributed by atoms with van der Waals surface area (Å²) in [5, 5.41) is 11.5. The van der Waals surface area contributed by atoms with Gasteiger partial charge in [0, 0.05) is 31.6 Å². The minimum atomic E-state index is -0.213. The Morgan fingerprint density at radius 2 is 2.11 bits per heavy atom. The van der Waals surface area contributed by atoms with E-state index in [0.29, 0.717) is 43.7 Å². The predicted octanol–water partition coefficient (Wildman–Crippen LogP) is 0.855. The van der Waals surface area contributed by atoms with Gasteiger partial charge in [0.05, 0.1) is 17.4 Å². The van der Waals surface area contributed by atoms with Gasteiger partial charge < -0.3 is 9.47 Å². The van der Waals surface area contributed by atoms with Gasteiger partial charge in [-0.05, 0) is 35.6 Å². The van der Waals surface area contributed by atoms with Crippen LogP contribution in [-0.2, 0) is 11.3 Å². The third-order valence-electron chi connectivity index (χ3n) is 4.73. The van der Waals surface area contributed by atoms with Crippen molar-refractivity contribution in [2.75, 3.05) is 13.1 Å². The number of hydrogen-bond acceptors (Lipinski definition) is 6. The smallest absolute Gasteiger partial charge is 0.280 e. The van der Waals surface area contributed by atoms with Crippen molar-refractivity contribution in [2.45, 2.75) is 26.3 Å². The summed E-state index contributed by atoms with van der Waals surface area (Å²) in [4.78, 5) is 30.5. The van der Waals surface area contributed by atoms with E-state index in [2.05, 4.69) is 20.5 Å². The zero-order valence-electron chi connectivity index (χ0n) is 14.9. The zero-order chi connectivity index (χ0) is 18.8. The number of para-hydroxylation sites is 1. The first-order valence-corrected chi connectivity index (χ1v) is 8.80. The summed E-state index contributed by atoms with van der Waals surface area (Å²) < 4.78 is 3.56. The lowest BCUT2D eigenvalue weighted by molar-refractivity contribution is -0.131. The molecule has 3 aromatic rings. The lowest BCUT2D eigenvalue weighted by Crippen LogP contribution is -2.36. The number of fused-ring (bicyclic) bond motifs is 1. The van der Waals surface area contributed by atoms with Crippen molar-refractivity contribution in [3.8, 4) is 0 Å². The van der Waals surface area contributed by atoms with Gasteiger partial charge in [0.15, 0.2) is 0 Å². The Bertz CT molecular complexity index is 1070. The molecule has 0 aliphatic carbocycles. The number of aryl methyl sites for hydroxylation is 2. The van der Waals surface area contributed by atoms with E-state index in [4.69, 9.17) is 0 Å². The van der Waals surface area contributed by atoms with Crippen LogP contribution in [0.15, 0.2) is 41.5 Å². The molecule has 0 saturated heterocycles. The molecule has 9 heteroatoms. The molecule has 0 radical (unpaired) electrons. The molecule has 9 nitrogen and oxygen atoms in total. The second kappa shape index (κ2) is 7.10. The molecule has 0 atom stereocenters. The highest BCUT2D eigenvalue weighted by Gasteiger charge is 2.20. The molecule has 1 amide bonds. The van der Waals surface area contributed by atoms with Crippen LogP contribution < -0.4 is 5.56 Å². The Morgan fingerprint density at radius 3 is 2.85 bits per heavy atom. The lowest BCUT2D eigenvalue weighted by Gasteiger charge is -2.28. The summed E-state index contributed by atoms with van der Waals surface area (Å²) in [5.74, 6) is 0.726. The molecule has 1 aromatic carbocycles. The molecule has 0 bridgehead atoms. The van der Waals surface area contributed by atoms with Crippen LogP contribution in [0, 0.1) is 6.92 Å². The maximum absolute atomic E-state index is 12.4. The van der Waals surface area contributed by atoms with Gasteiger partial charge in [-0.2, -0.15) is 4.98 Å². The summed E-state index contributed by atoms with van der Waals surface area (Å²) in [6.45, 7) is 3.45. The summed E-state index contributed by atoms with van der Waals surface area (Å²) in [5.41, 5.74) is 1.69. The van der Waals surface area contributed by atoms with E-state index in [1.54, 1.807) is 10.7 Å². The molecule has 3 heterocycles. The van der Waals surface area contributed by atoms with Gasteiger partial charge in [0.1, 0.15) is 12.2 Å². The fourth-order valence-corrected chi connectivity index (χ4v) is 3.38. The van der Waals surface area contributed by atoms with E-state index in [9.17, 15) is 9.59 Å². The maximum Gasteiger partial charge on any atom is 0.280 e. The third-order valence-corrected chi connectivity index (χ3v) is 4.73. The average molecular weight is 365 g/mol. The van der Waals surface area contributed by atoms with Crippen LogP contribution in [0.4, 0.5) is 0 Å². The molecule has 0 N–H and O–H groups in total. The molecule has 2 aromatic heterocycles. The van der Waals surface area contributed by atoms with Gasteiger partial charge in [-0.3, -0.25) is 9.59 Å². The maximum atomic E-state index is 12.4. The molecule has 1 aliphatic heterocycles. The van der Waals surface area contributed by atoms with E-state index in [0.717, 1.165) is 11.2 Å². The molecule has 0 unspecified atom stereocenters. The second-order valence-electron chi connectivity index (χ2n) is 6.42. The minimum Gasteiger partial charge on any atom is -0.338 e. The molecule has 0 saturated carbocycles. The normalized spacial score (nSPS) is 14.4. The van der Waals surface area contributed by atoms with Crippen LogP contribution in [0.25, 0.3) is 16.6 Å². The average Bonchev–Trinajstić information content (AvgIpc) is 3.20. The third kappa shape index (κ3) is 3.35. The summed E-state index contributed by atoms with van der Waals surface area (Å²) in [6.07, 6.45) is 4.59. The van der Waals surface area contributed by atoms with Gasteiger partial charge >= 0.3 is 0 Å². The van der Waals surface area contributed by atoms with Crippen LogP contribution in [0.3, 0.4) is 0 Å². The first-order valence-electron chi connectivity index (χ1n) is 8.80. The highest BCUT2D eigenvalue weighted by Crippen LogP contribution is 2.22. The van der Waals surface area contributed by atoms with Crippen molar-refractivity contribution in [1.29, 1.82) is 0 Å². The molecule has 27 heavy (non-hydrogen) atoms. The Balaban J connectivity index is 1.53. The number of nitrogens with zero attached hydrogens (tertiary/aromatic N) is 7. The number of aromatic nitrogens is 6. The molecule has 4 rings (SSSR count). The van der Waals surface area contributed by atoms with E-state index >= 15 is 0 Å². The number of amides is 1. The summed E-state index contributed by atoms with van der Waals surface area (Å²) in [6, 6.07) is 7.47. The highest BCUT2D eigenvalue weighted by atomic mass is 16.2. The number of benzene rings is 1. The van der Waals surface area contributed by atoms with E-state index < -0.39 is 0 Å². The summed E-state index contributed by atoms with van der Waals surface area (Å²) >= 11 is 0. The number of tetrazole rings is 1. The van der Waals surface area contributed by atoms with Gasteiger partial charge in [-0.15, -0.1) is 5.10 Å². The van der Waals surface area contributed by atoms with E-state index in [-0.39, 0.29) is 11.5 Å². The van der Waals surface area contributed by atoms with Gasteiger partial charge in [0.25, 0.3) is 5.56 Å². The fourth-order valence-electron chi connectivity index (χ4n) is 3.38. The highest BCUT2D eigenvalue weighted by molar-refractivity contribution is 5.82. The minimum absolute atomic E-state index is 0.0698. The Morgan fingerprint density at radius 1 is 1.26 bits per heavy atom. The van der Waals surface area contributed by atoms with Crippen LogP contribution in [0.5, 0.6) is 0 Å². The van der Waals surface area contributed by atoms with Gasteiger partial charge in [-0.25, -0.2) is 4.68 Å². The topological polar surface area (TPSA) is 98.8 Å². The van der Waals surface area contributed by atoms with E-state index in [1.807, 2.05) is 40.7 Å². The molecule has 0 fully saturated rings. The number of carbonyl (C=O) groups is 1. The van der Waals surface area contributed by atoms with E-state index in [1.165, 1.54) is 6.33 Å². The Hall–Kier alpha value is -3.36. The Labute approximate surface area is 154 Å². The summed E-state index contributed by atoms with van der Waals surface area (Å²) in [7, 11) is 0. The van der Waals surface area contributed by atoms with Crippen molar-refractivity contribution >= 4 is 22.5 Å². The van der Waals surface area contributed by atoms with Crippen molar-refractivity contribution < 1.29 is 4.79 Å². The largest absolute Gasteiger partial charge is 0.338 e. The monoisotopic (exact) mass is 365 g/mol. The van der Waals surface area contributed by atoms with Gasteiger partial charge in [0.2, 0.25) is 5.91 Å². The van der Waals surface area contributed by atoms with Crippen LogP contribution in [0.2, 0.25) is 0 Å². The van der Waals surface area contributed by atoms with Crippen molar-refractivity contribution in [3.05, 3.63) is 52.8 Å². The zero-order valence-corrected chi connectivity index (χ0v) is 14.9. The van der Waals surface area contributed by atoms with Crippen molar-refractivity contribution in [2.24, 2.45) is 0 Å². The van der Waals surface area contributed by atoms with Crippen LogP contribution in [-0.4, -0.2) is 53.7 Å². The van der Waals surface area contributed by atoms with Crippen molar-refractivity contribution in [1.82, 2.24) is 34.7 Å². The molecule has 1 aliphatic rings. The molecule has 0 spiro atoms. The standard InChI is InChI=1S/C18H19N7O2/c1-13-20-18(27)15-4-2-3-5-16(15)25(13)14-6-9-23(10-7-14)17(26)8-11-24-12-19-21-22-24/h2-6,12H,7-11H2,1H3. The number of carbonyl (C=O) groups excluding carboxylic acids is 1. The van der Waals surface area contributed by atoms with Crippen LogP contribution in [0.1, 0.15) is 18.7 Å². The first-order chi connectivity index (χ1) is 13.1. The lowest BCUT2D eigenvalue weighted by atomic mass is 10.1. The van der Waals surface area contributed by atoms with Crippen LogP contribution >= 0.6 is 0 Å². The SMILES string of the molecule is Cc1nc(=O)c2ccccc2n1C1=CCN(C(=O)CCn2cnnn2)CC1. The molecular weight excluding hydrogens is 346 g/mol. The predicted molar refractivity (Wildman–Crippen MR) is 98.6 cm³/mol. The quantitative estimate of drug-likeness (QED) is 0.680. The number of hydrogen-bond donors (Lipinski definition) is 0.